The number of hydrogen-bond acceptors (Lipinski definition) is 4. The van der Waals surface area contributed by atoms with Crippen LogP contribution in [0.4, 0.5) is 0 Å². The summed E-state index contributed by atoms with van der Waals surface area (Å²) in [6, 6.07) is 16.4. The molecule has 0 amide bonds. The van der Waals surface area contributed by atoms with Gasteiger partial charge in [0.2, 0.25) is 0 Å². The van der Waals surface area contributed by atoms with Crippen molar-refractivity contribution in [2.24, 2.45) is 0 Å². The van der Waals surface area contributed by atoms with Crippen LogP contribution in [-0.4, -0.2) is 33.6 Å². The maximum Gasteiger partial charge on any atom is 0.537 e. The molecule has 0 bridgehead atoms. The van der Waals surface area contributed by atoms with Gasteiger partial charge in [0.1, 0.15) is 0 Å². The highest BCUT2D eigenvalue weighted by molar-refractivity contribution is 6.77. The summed E-state index contributed by atoms with van der Waals surface area (Å²) in [6.45, 7) is 7.55. The number of benzene rings is 2. The molecule has 126 valence electrons. The van der Waals surface area contributed by atoms with Gasteiger partial charge in [0.15, 0.2) is 0 Å². The zero-order valence-electron chi connectivity index (χ0n) is 14.4. The Kier molecular flexibility index (Phi) is 5.26. The van der Waals surface area contributed by atoms with E-state index >= 15 is 0 Å². The Morgan fingerprint density at radius 1 is 0.792 bits per heavy atom. The summed E-state index contributed by atoms with van der Waals surface area (Å²) in [5.41, 5.74) is 1.92. The molecule has 0 atom stereocenters. The number of rotatable bonds is 7. The van der Waals surface area contributed by atoms with Crippen molar-refractivity contribution in [3.63, 3.8) is 0 Å². The predicted molar refractivity (Wildman–Crippen MR) is 99.5 cm³/mol. The zero-order chi connectivity index (χ0) is 17.0. The Bertz CT molecular complexity index is 820. The van der Waals surface area contributed by atoms with Crippen molar-refractivity contribution in [2.75, 3.05) is 19.8 Å². The topological polar surface area (TPSA) is 40.6 Å². The lowest BCUT2D eigenvalue weighted by Gasteiger charge is -2.29. The van der Waals surface area contributed by atoms with Gasteiger partial charge in [-0.2, -0.15) is 0 Å². The highest BCUT2D eigenvalue weighted by Crippen LogP contribution is 2.22. The van der Waals surface area contributed by atoms with E-state index in [4.69, 9.17) is 18.3 Å². The molecule has 0 radical (unpaired) electrons. The molecular weight excluding hydrogens is 318 g/mol. The summed E-state index contributed by atoms with van der Waals surface area (Å²) in [7, 11) is -2.96. The van der Waals surface area contributed by atoms with Gasteiger partial charge in [0.05, 0.1) is 11.0 Å². The minimum Gasteiger partial charge on any atom is -0.370 e. The van der Waals surface area contributed by atoms with Crippen LogP contribution in [0.3, 0.4) is 0 Å². The van der Waals surface area contributed by atoms with Gasteiger partial charge in [0.25, 0.3) is 0 Å². The highest BCUT2D eigenvalue weighted by Gasteiger charge is 2.44. The predicted octanol–water partition coefficient (Wildman–Crippen LogP) is 3.64. The minimum absolute atomic E-state index is 0.545. The van der Waals surface area contributed by atoms with E-state index < -0.39 is 8.80 Å². The summed E-state index contributed by atoms with van der Waals surface area (Å²) in [5.74, 6) is 0. The van der Waals surface area contributed by atoms with E-state index in [1.807, 2.05) is 57.2 Å². The number of aromatic nitrogens is 1. The fraction of sp³-hybridized carbons (Fsp3) is 0.316. The van der Waals surface area contributed by atoms with Gasteiger partial charge in [-0.15, -0.1) is 0 Å². The largest absolute Gasteiger partial charge is 0.537 e. The van der Waals surface area contributed by atoms with Crippen molar-refractivity contribution in [2.45, 2.75) is 20.8 Å². The van der Waals surface area contributed by atoms with Gasteiger partial charge in [0, 0.05) is 35.8 Å². The third-order valence-electron chi connectivity index (χ3n) is 3.89. The van der Waals surface area contributed by atoms with E-state index in [0.29, 0.717) is 19.8 Å². The molecule has 0 unspecified atom stereocenters. The standard InChI is InChI=1S/C19H23NO3Si/c1-4-21-24(22-5-2,23-6-3)19-13-9-12-18-16(19)14-15-10-7-8-11-17(15)20-18/h7-14H,4-6H2,1-3H3. The van der Waals surface area contributed by atoms with Gasteiger partial charge in [-0.05, 0) is 39.0 Å². The van der Waals surface area contributed by atoms with Gasteiger partial charge in [-0.3, -0.25) is 0 Å². The Morgan fingerprint density at radius 2 is 1.42 bits per heavy atom. The van der Waals surface area contributed by atoms with Gasteiger partial charge in [-0.1, -0.05) is 30.3 Å². The molecule has 2 aromatic carbocycles. The fourth-order valence-electron chi connectivity index (χ4n) is 2.99. The summed E-state index contributed by atoms with van der Waals surface area (Å²) in [5, 5.41) is 3.13. The molecule has 4 nitrogen and oxygen atoms in total. The van der Waals surface area contributed by atoms with Crippen LogP contribution in [0.1, 0.15) is 20.8 Å². The molecule has 24 heavy (non-hydrogen) atoms. The molecule has 1 heterocycles. The Morgan fingerprint density at radius 3 is 2.08 bits per heavy atom. The Balaban J connectivity index is 2.27. The van der Waals surface area contributed by atoms with Crippen LogP contribution in [0.25, 0.3) is 21.8 Å². The number of fused-ring (bicyclic) bond motifs is 2. The first kappa shape index (κ1) is 17.0. The van der Waals surface area contributed by atoms with E-state index in [9.17, 15) is 0 Å². The third kappa shape index (κ3) is 3.08. The first-order valence-corrected chi connectivity index (χ1v) is 10.2. The second kappa shape index (κ2) is 7.40. The third-order valence-corrected chi connectivity index (χ3v) is 7.00. The number of nitrogens with zero attached hydrogens (tertiary/aromatic N) is 1. The molecule has 3 rings (SSSR count). The second-order valence-electron chi connectivity index (χ2n) is 5.41. The highest BCUT2D eigenvalue weighted by atomic mass is 28.4. The van der Waals surface area contributed by atoms with Crippen molar-refractivity contribution in [3.8, 4) is 0 Å². The molecule has 0 aliphatic carbocycles. The van der Waals surface area contributed by atoms with E-state index in [1.54, 1.807) is 0 Å². The van der Waals surface area contributed by atoms with E-state index in [-0.39, 0.29) is 0 Å². The minimum atomic E-state index is -2.96. The molecule has 0 saturated carbocycles. The maximum absolute atomic E-state index is 6.08. The normalized spacial score (nSPS) is 12.1. The van der Waals surface area contributed by atoms with Crippen LogP contribution >= 0.6 is 0 Å². The number of hydrogen-bond donors (Lipinski definition) is 0. The van der Waals surface area contributed by atoms with Crippen molar-refractivity contribution in [3.05, 3.63) is 48.5 Å². The summed E-state index contributed by atoms with van der Waals surface area (Å²) < 4.78 is 18.2. The van der Waals surface area contributed by atoms with Crippen LogP contribution in [0.5, 0.6) is 0 Å². The molecule has 1 aromatic heterocycles. The second-order valence-corrected chi connectivity index (χ2v) is 7.93. The van der Waals surface area contributed by atoms with Crippen molar-refractivity contribution >= 4 is 35.8 Å². The van der Waals surface area contributed by atoms with Gasteiger partial charge in [-0.25, -0.2) is 4.98 Å². The number of para-hydroxylation sites is 1. The Hall–Kier alpha value is -1.79. The molecule has 0 fully saturated rings. The molecule has 0 saturated heterocycles. The zero-order valence-corrected chi connectivity index (χ0v) is 15.4. The molecule has 0 aliphatic rings. The van der Waals surface area contributed by atoms with Crippen molar-refractivity contribution in [1.29, 1.82) is 0 Å². The van der Waals surface area contributed by atoms with Crippen LogP contribution < -0.4 is 5.19 Å². The first-order chi connectivity index (χ1) is 11.7. The average molecular weight is 341 g/mol. The Labute approximate surface area is 143 Å². The lowest BCUT2D eigenvalue weighted by Crippen LogP contribution is -2.57. The fourth-order valence-corrected chi connectivity index (χ4v) is 5.68. The van der Waals surface area contributed by atoms with Crippen molar-refractivity contribution < 1.29 is 13.3 Å². The van der Waals surface area contributed by atoms with Crippen LogP contribution in [0.2, 0.25) is 0 Å². The molecule has 0 N–H and O–H groups in total. The quantitative estimate of drug-likeness (QED) is 0.486. The van der Waals surface area contributed by atoms with Crippen LogP contribution in [-0.2, 0) is 13.3 Å². The average Bonchev–Trinajstić information content (AvgIpc) is 2.60. The van der Waals surface area contributed by atoms with Crippen LogP contribution in [0.15, 0.2) is 48.5 Å². The van der Waals surface area contributed by atoms with Gasteiger partial charge < -0.3 is 13.3 Å². The monoisotopic (exact) mass is 341 g/mol. The summed E-state index contributed by atoms with van der Waals surface area (Å²) in [4.78, 5) is 4.79. The smallest absolute Gasteiger partial charge is 0.370 e. The SMILES string of the molecule is CCO[Si](OCC)(OCC)c1cccc2nc3ccccc3cc12. The molecule has 0 spiro atoms. The lowest BCUT2D eigenvalue weighted by molar-refractivity contribution is 0.0862. The lowest BCUT2D eigenvalue weighted by atomic mass is 10.1. The maximum atomic E-state index is 6.08. The first-order valence-electron chi connectivity index (χ1n) is 8.45. The summed E-state index contributed by atoms with van der Waals surface area (Å²) >= 11 is 0. The summed E-state index contributed by atoms with van der Waals surface area (Å²) in [6.07, 6.45) is 0. The molecule has 3 aromatic rings. The molecular formula is C19H23NO3Si. The van der Waals surface area contributed by atoms with E-state index in [0.717, 1.165) is 27.0 Å². The molecule has 5 heteroatoms. The van der Waals surface area contributed by atoms with E-state index in [2.05, 4.69) is 12.1 Å². The van der Waals surface area contributed by atoms with Crippen molar-refractivity contribution in [1.82, 2.24) is 4.98 Å². The molecule has 0 aliphatic heterocycles. The van der Waals surface area contributed by atoms with Gasteiger partial charge >= 0.3 is 8.80 Å². The number of pyridine rings is 1. The van der Waals surface area contributed by atoms with E-state index in [1.165, 1.54) is 0 Å². The van der Waals surface area contributed by atoms with Crippen LogP contribution in [0, 0.1) is 0 Å².